The highest BCUT2D eigenvalue weighted by molar-refractivity contribution is 6.10. The van der Waals surface area contributed by atoms with Crippen LogP contribution in [0.4, 0.5) is 5.69 Å². The Labute approximate surface area is 146 Å². The first-order valence-corrected chi connectivity index (χ1v) is 8.67. The highest BCUT2D eigenvalue weighted by Gasteiger charge is 2.54. The Morgan fingerprint density at radius 3 is 2.64 bits per heavy atom. The molecule has 0 bridgehead atoms. The summed E-state index contributed by atoms with van der Waals surface area (Å²) >= 11 is 0. The second kappa shape index (κ2) is 5.33. The van der Waals surface area contributed by atoms with E-state index in [-0.39, 0.29) is 5.91 Å². The highest BCUT2D eigenvalue weighted by atomic mass is 16.2. The smallest absolute Gasteiger partial charge is 0.258 e. The Morgan fingerprint density at radius 1 is 0.960 bits per heavy atom. The quantitative estimate of drug-likeness (QED) is 0.785. The Morgan fingerprint density at radius 2 is 1.76 bits per heavy atom. The molecule has 0 saturated heterocycles. The van der Waals surface area contributed by atoms with E-state index in [2.05, 4.69) is 46.4 Å². The Balaban J connectivity index is 1.67. The van der Waals surface area contributed by atoms with Gasteiger partial charge in [-0.25, -0.2) is 0 Å². The zero-order valence-electron chi connectivity index (χ0n) is 13.9. The minimum atomic E-state index is -0.771. The zero-order valence-corrected chi connectivity index (χ0v) is 13.9. The molecule has 4 heteroatoms. The van der Waals surface area contributed by atoms with Crippen molar-refractivity contribution in [3.63, 3.8) is 0 Å². The Kier molecular flexibility index (Phi) is 3.09. The number of nitrogens with one attached hydrogen (secondary N) is 1. The van der Waals surface area contributed by atoms with Crippen molar-refractivity contribution in [1.82, 2.24) is 9.88 Å². The second-order valence-corrected chi connectivity index (χ2v) is 6.66. The molecule has 0 radical (unpaired) electrons. The largest absolute Gasteiger partial charge is 0.348 e. The number of hydrogen-bond donors (Lipinski definition) is 1. The number of rotatable bonds is 2. The summed E-state index contributed by atoms with van der Waals surface area (Å²) in [6.07, 6.45) is 2.06. The van der Waals surface area contributed by atoms with Gasteiger partial charge in [-0.05, 0) is 23.8 Å². The molecule has 1 spiro atoms. The molecule has 2 aliphatic heterocycles. The van der Waals surface area contributed by atoms with Crippen LogP contribution in [-0.4, -0.2) is 17.0 Å². The lowest BCUT2D eigenvalue weighted by Crippen LogP contribution is -2.56. The van der Waals surface area contributed by atoms with Crippen LogP contribution in [0.5, 0.6) is 0 Å². The summed E-state index contributed by atoms with van der Waals surface area (Å²) in [5, 5.41) is 3.55. The monoisotopic (exact) mass is 329 g/mol. The standard InChI is InChI=1S/C21H19N3O/c25-20-21(19-11-6-13-23(19)14-12-22-21)17-9-4-5-10-18(17)24(20)15-16-7-2-1-3-8-16/h1-11,13,22H,12,14-15H2/t21-/m1/s1. The maximum absolute atomic E-state index is 13.7. The van der Waals surface area contributed by atoms with E-state index in [4.69, 9.17) is 0 Å². The first kappa shape index (κ1) is 14.5. The van der Waals surface area contributed by atoms with Gasteiger partial charge in [0.15, 0.2) is 5.54 Å². The third-order valence-electron chi connectivity index (χ3n) is 5.30. The summed E-state index contributed by atoms with van der Waals surface area (Å²) in [6.45, 7) is 2.25. The molecule has 0 unspecified atom stereocenters. The molecule has 1 amide bonds. The average molecular weight is 329 g/mol. The van der Waals surface area contributed by atoms with Crippen LogP contribution < -0.4 is 10.2 Å². The lowest BCUT2D eigenvalue weighted by Gasteiger charge is -2.35. The molecular formula is C21H19N3O. The van der Waals surface area contributed by atoms with Crippen molar-refractivity contribution in [1.29, 1.82) is 0 Å². The van der Waals surface area contributed by atoms with Crippen molar-refractivity contribution >= 4 is 11.6 Å². The highest BCUT2D eigenvalue weighted by Crippen LogP contribution is 2.46. The van der Waals surface area contributed by atoms with Crippen molar-refractivity contribution in [2.24, 2.45) is 0 Å². The number of aromatic nitrogens is 1. The molecule has 0 aliphatic carbocycles. The van der Waals surface area contributed by atoms with Crippen LogP contribution in [0.1, 0.15) is 16.8 Å². The van der Waals surface area contributed by atoms with Crippen molar-refractivity contribution in [2.45, 2.75) is 18.6 Å². The average Bonchev–Trinajstić information content (AvgIpc) is 3.23. The molecule has 2 aliphatic rings. The van der Waals surface area contributed by atoms with Gasteiger partial charge in [-0.3, -0.25) is 10.1 Å². The summed E-state index contributed by atoms with van der Waals surface area (Å²) in [6, 6.07) is 22.4. The lowest BCUT2D eigenvalue weighted by atomic mass is 9.86. The minimum absolute atomic E-state index is 0.109. The second-order valence-electron chi connectivity index (χ2n) is 6.66. The number of amides is 1. The van der Waals surface area contributed by atoms with E-state index < -0.39 is 5.54 Å². The Bertz CT molecular complexity index is 947. The fourth-order valence-corrected chi connectivity index (χ4v) is 4.20. The van der Waals surface area contributed by atoms with Gasteiger partial charge in [0.05, 0.1) is 17.9 Å². The topological polar surface area (TPSA) is 37.3 Å². The van der Waals surface area contributed by atoms with E-state index in [1.807, 2.05) is 41.3 Å². The van der Waals surface area contributed by atoms with Crippen LogP contribution in [0.15, 0.2) is 72.9 Å². The maximum atomic E-state index is 13.7. The molecule has 25 heavy (non-hydrogen) atoms. The molecule has 5 rings (SSSR count). The number of carbonyl (C=O) groups is 1. The van der Waals surface area contributed by atoms with Crippen LogP contribution in [0.3, 0.4) is 0 Å². The predicted octanol–water partition coefficient (Wildman–Crippen LogP) is 2.88. The fraction of sp³-hybridized carbons (Fsp3) is 0.190. The molecule has 0 saturated carbocycles. The maximum Gasteiger partial charge on any atom is 0.258 e. The van der Waals surface area contributed by atoms with Crippen molar-refractivity contribution in [3.8, 4) is 0 Å². The van der Waals surface area contributed by atoms with Gasteiger partial charge in [0, 0.05) is 24.8 Å². The summed E-state index contributed by atoms with van der Waals surface area (Å²) < 4.78 is 2.19. The van der Waals surface area contributed by atoms with Crippen molar-refractivity contribution in [2.75, 3.05) is 11.4 Å². The molecule has 0 fully saturated rings. The van der Waals surface area contributed by atoms with Crippen molar-refractivity contribution < 1.29 is 4.79 Å². The van der Waals surface area contributed by atoms with E-state index in [9.17, 15) is 4.79 Å². The molecule has 2 aromatic carbocycles. The van der Waals surface area contributed by atoms with Gasteiger partial charge in [-0.1, -0.05) is 48.5 Å². The molecule has 1 atom stereocenters. The molecule has 4 nitrogen and oxygen atoms in total. The first-order chi connectivity index (χ1) is 12.3. The van der Waals surface area contributed by atoms with E-state index in [1.165, 1.54) is 0 Å². The van der Waals surface area contributed by atoms with E-state index in [0.717, 1.165) is 35.6 Å². The molecule has 3 heterocycles. The van der Waals surface area contributed by atoms with Gasteiger partial charge in [0.2, 0.25) is 0 Å². The van der Waals surface area contributed by atoms with Gasteiger partial charge < -0.3 is 9.47 Å². The normalized spacial score (nSPS) is 21.4. The molecule has 1 aromatic heterocycles. The van der Waals surface area contributed by atoms with E-state index in [0.29, 0.717) is 6.54 Å². The first-order valence-electron chi connectivity index (χ1n) is 8.67. The number of para-hydroxylation sites is 1. The van der Waals surface area contributed by atoms with Crippen LogP contribution in [-0.2, 0) is 23.4 Å². The number of carbonyl (C=O) groups excluding carboxylic acids is 1. The third-order valence-corrected chi connectivity index (χ3v) is 5.30. The molecule has 3 aromatic rings. The van der Waals surface area contributed by atoms with Gasteiger partial charge in [-0.2, -0.15) is 0 Å². The number of fused-ring (bicyclic) bond motifs is 4. The molecule has 124 valence electrons. The van der Waals surface area contributed by atoms with E-state index in [1.54, 1.807) is 0 Å². The summed E-state index contributed by atoms with van der Waals surface area (Å²) in [7, 11) is 0. The number of benzene rings is 2. The predicted molar refractivity (Wildman–Crippen MR) is 97.3 cm³/mol. The van der Waals surface area contributed by atoms with Crippen LogP contribution >= 0.6 is 0 Å². The van der Waals surface area contributed by atoms with E-state index >= 15 is 0 Å². The third kappa shape index (κ3) is 1.94. The van der Waals surface area contributed by atoms with Crippen molar-refractivity contribution in [3.05, 3.63) is 89.7 Å². The van der Waals surface area contributed by atoms with Crippen LogP contribution in [0.25, 0.3) is 0 Å². The SMILES string of the molecule is O=C1N(Cc2ccccc2)c2ccccc2[C@]12NCCn1cccc12. The van der Waals surface area contributed by atoms with Gasteiger partial charge in [-0.15, -0.1) is 0 Å². The minimum Gasteiger partial charge on any atom is -0.348 e. The fourth-order valence-electron chi connectivity index (χ4n) is 4.20. The summed E-state index contributed by atoms with van der Waals surface area (Å²) in [4.78, 5) is 15.6. The van der Waals surface area contributed by atoms with Crippen LogP contribution in [0, 0.1) is 0 Å². The van der Waals surface area contributed by atoms with Gasteiger partial charge in [0.1, 0.15) is 0 Å². The summed E-state index contributed by atoms with van der Waals surface area (Å²) in [5.74, 6) is 0.109. The molecule has 1 N–H and O–H groups in total. The number of anilines is 1. The molecular weight excluding hydrogens is 310 g/mol. The zero-order chi connectivity index (χ0) is 16.9. The Hall–Kier alpha value is -2.85. The summed E-state index contributed by atoms with van der Waals surface area (Å²) in [5.41, 5.74) is 3.45. The number of nitrogens with zero attached hydrogens (tertiary/aromatic N) is 2. The van der Waals surface area contributed by atoms with Crippen LogP contribution in [0.2, 0.25) is 0 Å². The lowest BCUT2D eigenvalue weighted by molar-refractivity contribution is -0.123. The number of hydrogen-bond acceptors (Lipinski definition) is 2. The van der Waals surface area contributed by atoms with Gasteiger partial charge in [0.25, 0.3) is 5.91 Å². The van der Waals surface area contributed by atoms with Gasteiger partial charge >= 0.3 is 0 Å².